The molecule has 0 saturated heterocycles. The first kappa shape index (κ1) is 25.7. The predicted octanol–water partition coefficient (Wildman–Crippen LogP) is 11.3. The summed E-state index contributed by atoms with van der Waals surface area (Å²) in [5, 5.41) is 17.8. The van der Waals surface area contributed by atoms with Gasteiger partial charge in [0.05, 0.1) is 39.0 Å². The van der Waals surface area contributed by atoms with E-state index in [9.17, 15) is 5.26 Å². The Morgan fingerprint density at radius 3 is 1.70 bits per heavy atom. The molecule has 4 heteroatoms. The van der Waals surface area contributed by atoms with Crippen LogP contribution in [0.1, 0.15) is 5.56 Å². The molecule has 7 aromatic carbocycles. The van der Waals surface area contributed by atoms with E-state index in [2.05, 4.69) is 155 Å². The van der Waals surface area contributed by atoms with Crippen molar-refractivity contribution in [2.24, 2.45) is 0 Å². The summed E-state index contributed by atoms with van der Waals surface area (Å²) in [7, 11) is 0. The normalized spacial score (nSPS) is 11.8. The van der Waals surface area contributed by atoms with Crippen molar-refractivity contribution < 1.29 is 4.42 Å². The largest absolute Gasteiger partial charge is 0.456 e. The Hall–Kier alpha value is -6.57. The Morgan fingerprint density at radius 2 is 0.957 bits per heavy atom. The van der Waals surface area contributed by atoms with Crippen LogP contribution in [0.15, 0.2) is 156 Å². The van der Waals surface area contributed by atoms with Crippen LogP contribution in [0.25, 0.3) is 88.1 Å². The number of para-hydroxylation sites is 5. The predicted molar refractivity (Wildman–Crippen MR) is 193 cm³/mol. The van der Waals surface area contributed by atoms with Gasteiger partial charge in [-0.15, -0.1) is 0 Å². The Bertz CT molecular complexity index is 2880. The third kappa shape index (κ3) is 3.51. The smallest absolute Gasteiger partial charge is 0.136 e. The summed E-state index contributed by atoms with van der Waals surface area (Å²) in [6.07, 6.45) is 0. The fourth-order valence-electron chi connectivity index (χ4n) is 7.68. The van der Waals surface area contributed by atoms with Crippen molar-refractivity contribution in [3.05, 3.63) is 157 Å². The van der Waals surface area contributed by atoms with Gasteiger partial charge >= 0.3 is 0 Å². The van der Waals surface area contributed by atoms with E-state index in [4.69, 9.17) is 4.42 Å². The van der Waals surface area contributed by atoms with Crippen LogP contribution in [0, 0.1) is 11.3 Å². The third-order valence-electron chi connectivity index (χ3n) is 9.59. The van der Waals surface area contributed by atoms with Crippen molar-refractivity contribution in [1.29, 1.82) is 5.26 Å². The molecule has 3 heterocycles. The Balaban J connectivity index is 1.29. The second-order valence-electron chi connectivity index (χ2n) is 12.0. The topological polar surface area (TPSA) is 46.8 Å². The summed E-state index contributed by atoms with van der Waals surface area (Å²) in [5.74, 6) is 0. The average Bonchev–Trinajstić information content (AvgIpc) is 3.79. The minimum absolute atomic E-state index is 0.635. The van der Waals surface area contributed by atoms with Gasteiger partial charge in [-0.25, -0.2) is 0 Å². The monoisotopic (exact) mass is 599 g/mol. The molecule has 0 bridgehead atoms. The van der Waals surface area contributed by atoms with Gasteiger partial charge in [-0.2, -0.15) is 5.26 Å². The van der Waals surface area contributed by atoms with Gasteiger partial charge in [0, 0.05) is 43.4 Å². The number of benzene rings is 7. The van der Waals surface area contributed by atoms with E-state index in [0.29, 0.717) is 5.56 Å². The molecule has 0 N–H and O–H groups in total. The van der Waals surface area contributed by atoms with E-state index >= 15 is 0 Å². The lowest BCUT2D eigenvalue weighted by Crippen LogP contribution is -2.02. The minimum atomic E-state index is 0.635. The molecule has 0 unspecified atom stereocenters. The van der Waals surface area contributed by atoms with E-state index in [1.54, 1.807) is 0 Å². The van der Waals surface area contributed by atoms with Gasteiger partial charge in [-0.1, -0.05) is 103 Å². The molecule has 0 spiro atoms. The summed E-state index contributed by atoms with van der Waals surface area (Å²) < 4.78 is 10.9. The minimum Gasteiger partial charge on any atom is -0.456 e. The number of hydrogen-bond donors (Lipinski definition) is 0. The number of rotatable bonds is 3. The molecule has 3 aromatic heterocycles. The van der Waals surface area contributed by atoms with E-state index < -0.39 is 0 Å². The lowest BCUT2D eigenvalue weighted by atomic mass is 9.96. The Kier molecular flexibility index (Phi) is 5.32. The second kappa shape index (κ2) is 9.71. The zero-order valence-electron chi connectivity index (χ0n) is 25.2. The van der Waals surface area contributed by atoms with Crippen molar-refractivity contribution in [3.8, 4) is 28.6 Å². The van der Waals surface area contributed by atoms with Crippen LogP contribution in [-0.4, -0.2) is 9.13 Å². The summed E-state index contributed by atoms with van der Waals surface area (Å²) in [6, 6.07) is 55.2. The fourth-order valence-corrected chi connectivity index (χ4v) is 7.68. The number of furan rings is 1. The molecule has 0 aliphatic carbocycles. The van der Waals surface area contributed by atoms with Crippen molar-refractivity contribution in [1.82, 2.24) is 9.13 Å². The van der Waals surface area contributed by atoms with E-state index in [1.807, 2.05) is 12.1 Å². The first-order valence-corrected chi connectivity index (χ1v) is 15.8. The summed E-state index contributed by atoms with van der Waals surface area (Å²) in [5.41, 5.74) is 10.5. The van der Waals surface area contributed by atoms with Crippen LogP contribution in [-0.2, 0) is 0 Å². The number of fused-ring (bicyclic) bond motifs is 10. The fraction of sp³-hybridized carbons (Fsp3) is 0. The number of aromatic nitrogens is 2. The van der Waals surface area contributed by atoms with E-state index in [-0.39, 0.29) is 0 Å². The molecular formula is C43H25N3O. The molecule has 0 fully saturated rings. The molecule has 0 aliphatic rings. The summed E-state index contributed by atoms with van der Waals surface area (Å²) in [4.78, 5) is 0. The Morgan fingerprint density at radius 1 is 0.404 bits per heavy atom. The molecule has 0 amide bonds. The molecule has 0 aliphatic heterocycles. The van der Waals surface area contributed by atoms with Gasteiger partial charge < -0.3 is 13.6 Å². The highest BCUT2D eigenvalue weighted by Crippen LogP contribution is 2.43. The number of hydrogen-bond acceptors (Lipinski definition) is 2. The molecule has 218 valence electrons. The van der Waals surface area contributed by atoms with Gasteiger partial charge in [-0.3, -0.25) is 0 Å². The summed E-state index contributed by atoms with van der Waals surface area (Å²) in [6.45, 7) is 0. The molecule has 0 atom stereocenters. The van der Waals surface area contributed by atoms with Crippen molar-refractivity contribution >= 4 is 65.6 Å². The van der Waals surface area contributed by atoms with Gasteiger partial charge in [0.1, 0.15) is 17.2 Å². The quantitative estimate of drug-likeness (QED) is 0.203. The molecule has 0 saturated carbocycles. The molecular weight excluding hydrogens is 574 g/mol. The maximum Gasteiger partial charge on any atom is 0.136 e. The Labute approximate surface area is 269 Å². The maximum absolute atomic E-state index is 10.9. The zero-order chi connectivity index (χ0) is 31.1. The molecule has 4 nitrogen and oxygen atoms in total. The van der Waals surface area contributed by atoms with Crippen LogP contribution >= 0.6 is 0 Å². The number of nitriles is 1. The van der Waals surface area contributed by atoms with Crippen LogP contribution in [0.5, 0.6) is 0 Å². The zero-order valence-corrected chi connectivity index (χ0v) is 25.2. The van der Waals surface area contributed by atoms with Crippen molar-refractivity contribution in [2.45, 2.75) is 0 Å². The molecule has 0 radical (unpaired) electrons. The maximum atomic E-state index is 10.9. The lowest BCUT2D eigenvalue weighted by molar-refractivity contribution is 0.669. The highest BCUT2D eigenvalue weighted by molar-refractivity contribution is 6.27. The molecule has 10 rings (SSSR count). The average molecular weight is 600 g/mol. The van der Waals surface area contributed by atoms with Crippen molar-refractivity contribution in [3.63, 3.8) is 0 Å². The summed E-state index contributed by atoms with van der Waals surface area (Å²) >= 11 is 0. The van der Waals surface area contributed by atoms with E-state index in [1.165, 1.54) is 10.8 Å². The molecule has 47 heavy (non-hydrogen) atoms. The van der Waals surface area contributed by atoms with Crippen molar-refractivity contribution in [2.75, 3.05) is 0 Å². The highest BCUT2D eigenvalue weighted by Gasteiger charge is 2.22. The van der Waals surface area contributed by atoms with Gasteiger partial charge in [0.15, 0.2) is 0 Å². The van der Waals surface area contributed by atoms with Gasteiger partial charge in [0.25, 0.3) is 0 Å². The first-order chi connectivity index (χ1) is 23.3. The first-order valence-electron chi connectivity index (χ1n) is 15.8. The SMILES string of the molecule is N#Cc1c(-c2ccccc2-n2c3ccccc3c3c4c(ccc32)oc2ccccc24)cccc1-n1c2ccccc2c2ccccc21. The van der Waals surface area contributed by atoms with Gasteiger partial charge in [0.2, 0.25) is 0 Å². The lowest BCUT2D eigenvalue weighted by Gasteiger charge is -2.17. The van der Waals surface area contributed by atoms with Crippen LogP contribution in [0.3, 0.4) is 0 Å². The molecule has 10 aromatic rings. The van der Waals surface area contributed by atoms with Gasteiger partial charge in [-0.05, 0) is 48.5 Å². The van der Waals surface area contributed by atoms with E-state index in [0.717, 1.165) is 77.3 Å². The van der Waals surface area contributed by atoms with Crippen LogP contribution in [0.2, 0.25) is 0 Å². The van der Waals surface area contributed by atoms with Crippen LogP contribution in [0.4, 0.5) is 0 Å². The second-order valence-corrected chi connectivity index (χ2v) is 12.0. The highest BCUT2D eigenvalue weighted by atomic mass is 16.3. The van der Waals surface area contributed by atoms with Crippen LogP contribution < -0.4 is 0 Å². The number of nitrogens with zero attached hydrogens (tertiary/aromatic N) is 3. The standard InChI is InChI=1S/C43H25N3O/c44-26-33-27(17-11-22-38(33)45-35-19-7-2-13-29(35)30-14-3-8-20-36(30)45)28-12-1-6-18-34(28)46-37-21-9-4-15-31(37)42-39(46)24-25-41-43(42)32-16-5-10-23-40(32)47-41/h1-25H. The third-order valence-corrected chi connectivity index (χ3v) is 9.59.